The third-order valence-corrected chi connectivity index (χ3v) is 2.17. The van der Waals surface area contributed by atoms with E-state index in [0.717, 1.165) is 11.4 Å². The summed E-state index contributed by atoms with van der Waals surface area (Å²) in [6.45, 7) is 5.02. The predicted molar refractivity (Wildman–Crippen MR) is 68.8 cm³/mol. The second-order valence-electron chi connectivity index (χ2n) is 3.97. The molecule has 5 heteroatoms. The van der Waals surface area contributed by atoms with Crippen molar-refractivity contribution in [1.82, 2.24) is 10.3 Å². The normalized spacial score (nSPS) is 13.5. The van der Waals surface area contributed by atoms with Gasteiger partial charge in [-0.25, -0.2) is 4.99 Å². The number of aromatic nitrogens is 1. The monoisotopic (exact) mass is 236 g/mol. The highest BCUT2D eigenvalue weighted by Crippen LogP contribution is 1.99. The van der Waals surface area contributed by atoms with E-state index in [1.54, 1.807) is 7.11 Å². The molecule has 1 unspecified atom stereocenters. The minimum Gasteiger partial charge on any atom is -0.383 e. The molecule has 5 nitrogen and oxygen atoms in total. The third kappa shape index (κ3) is 5.31. The molecule has 1 atom stereocenters. The van der Waals surface area contributed by atoms with Gasteiger partial charge in [-0.15, -0.1) is 0 Å². The third-order valence-electron chi connectivity index (χ3n) is 2.17. The summed E-state index contributed by atoms with van der Waals surface area (Å²) in [6, 6.07) is 6.00. The van der Waals surface area contributed by atoms with Crippen LogP contribution in [-0.4, -0.2) is 30.7 Å². The number of nitrogens with two attached hydrogens (primary N) is 1. The highest BCUT2D eigenvalue weighted by Gasteiger charge is 2.01. The van der Waals surface area contributed by atoms with Gasteiger partial charge in [0.2, 0.25) is 0 Å². The SMILES string of the molecule is COCC(C)NC(N)=NCc1cccc(C)n1. The summed E-state index contributed by atoms with van der Waals surface area (Å²) >= 11 is 0. The molecule has 0 radical (unpaired) electrons. The molecule has 0 amide bonds. The summed E-state index contributed by atoms with van der Waals surface area (Å²) < 4.78 is 5.00. The Labute approximate surface area is 102 Å². The number of nitrogens with zero attached hydrogens (tertiary/aromatic N) is 2. The molecule has 0 bridgehead atoms. The smallest absolute Gasteiger partial charge is 0.189 e. The molecule has 1 aromatic rings. The molecule has 1 heterocycles. The van der Waals surface area contributed by atoms with Crippen molar-refractivity contribution in [3.05, 3.63) is 29.6 Å². The summed E-state index contributed by atoms with van der Waals surface area (Å²) in [5, 5.41) is 3.04. The van der Waals surface area contributed by atoms with Gasteiger partial charge in [0.15, 0.2) is 5.96 Å². The van der Waals surface area contributed by atoms with Gasteiger partial charge in [-0.3, -0.25) is 4.98 Å². The van der Waals surface area contributed by atoms with Crippen molar-refractivity contribution in [3.8, 4) is 0 Å². The summed E-state index contributed by atoms with van der Waals surface area (Å²) in [5.74, 6) is 0.415. The van der Waals surface area contributed by atoms with Gasteiger partial charge < -0.3 is 15.8 Å². The fourth-order valence-electron chi connectivity index (χ4n) is 1.44. The van der Waals surface area contributed by atoms with Gasteiger partial charge in [0.25, 0.3) is 0 Å². The molecule has 1 aromatic heterocycles. The Hall–Kier alpha value is -1.62. The van der Waals surface area contributed by atoms with Crippen LogP contribution in [0.2, 0.25) is 0 Å². The number of rotatable bonds is 5. The van der Waals surface area contributed by atoms with Crippen molar-refractivity contribution in [2.75, 3.05) is 13.7 Å². The molecule has 3 N–H and O–H groups in total. The number of guanidine groups is 1. The molecule has 0 aromatic carbocycles. The summed E-state index contributed by atoms with van der Waals surface area (Å²) in [4.78, 5) is 8.57. The Morgan fingerprint density at radius 1 is 1.59 bits per heavy atom. The van der Waals surface area contributed by atoms with Gasteiger partial charge in [0, 0.05) is 18.8 Å². The number of hydrogen-bond donors (Lipinski definition) is 2. The van der Waals surface area contributed by atoms with Crippen molar-refractivity contribution in [1.29, 1.82) is 0 Å². The Morgan fingerprint density at radius 3 is 3.00 bits per heavy atom. The van der Waals surface area contributed by atoms with Crippen LogP contribution in [-0.2, 0) is 11.3 Å². The van der Waals surface area contributed by atoms with Crippen molar-refractivity contribution in [2.24, 2.45) is 10.7 Å². The second kappa shape index (κ2) is 6.85. The van der Waals surface area contributed by atoms with E-state index in [1.165, 1.54) is 0 Å². The maximum Gasteiger partial charge on any atom is 0.189 e. The molecule has 94 valence electrons. The Balaban J connectivity index is 2.47. The quantitative estimate of drug-likeness (QED) is 0.586. The van der Waals surface area contributed by atoms with Gasteiger partial charge in [-0.05, 0) is 26.0 Å². The van der Waals surface area contributed by atoms with Crippen LogP contribution in [0.25, 0.3) is 0 Å². The van der Waals surface area contributed by atoms with Crippen molar-refractivity contribution in [2.45, 2.75) is 26.4 Å². The van der Waals surface area contributed by atoms with Crippen molar-refractivity contribution < 1.29 is 4.74 Å². The van der Waals surface area contributed by atoms with E-state index < -0.39 is 0 Å². The Bertz CT molecular complexity index is 379. The number of ether oxygens (including phenoxy) is 1. The minimum absolute atomic E-state index is 0.147. The van der Waals surface area contributed by atoms with Crippen LogP contribution in [0.1, 0.15) is 18.3 Å². The highest BCUT2D eigenvalue weighted by atomic mass is 16.5. The Kier molecular flexibility index (Phi) is 5.42. The summed E-state index contributed by atoms with van der Waals surface area (Å²) in [7, 11) is 1.65. The lowest BCUT2D eigenvalue weighted by Crippen LogP contribution is -2.40. The van der Waals surface area contributed by atoms with Crippen LogP contribution >= 0.6 is 0 Å². The van der Waals surface area contributed by atoms with Crippen LogP contribution in [0, 0.1) is 6.92 Å². The van der Waals surface area contributed by atoms with Gasteiger partial charge >= 0.3 is 0 Å². The number of aliphatic imine (C=N–C) groups is 1. The largest absolute Gasteiger partial charge is 0.383 e. The zero-order valence-corrected chi connectivity index (χ0v) is 10.6. The Morgan fingerprint density at radius 2 is 2.35 bits per heavy atom. The van der Waals surface area contributed by atoms with Crippen LogP contribution < -0.4 is 11.1 Å². The number of pyridine rings is 1. The topological polar surface area (TPSA) is 72.5 Å². The summed E-state index contributed by atoms with van der Waals surface area (Å²) in [6.07, 6.45) is 0. The van der Waals surface area contributed by atoms with Gasteiger partial charge in [-0.1, -0.05) is 6.07 Å². The lowest BCUT2D eigenvalue weighted by Gasteiger charge is -2.12. The molecule has 0 saturated carbocycles. The van der Waals surface area contributed by atoms with E-state index in [9.17, 15) is 0 Å². The zero-order valence-electron chi connectivity index (χ0n) is 10.6. The maximum absolute atomic E-state index is 5.75. The molecule has 1 rings (SSSR count). The fourth-order valence-corrected chi connectivity index (χ4v) is 1.44. The highest BCUT2D eigenvalue weighted by molar-refractivity contribution is 5.78. The number of methoxy groups -OCH3 is 1. The number of nitrogens with one attached hydrogen (secondary N) is 1. The van der Waals surface area contributed by atoms with Crippen LogP contribution in [0.4, 0.5) is 0 Å². The molecule has 0 aliphatic heterocycles. The van der Waals surface area contributed by atoms with E-state index in [1.807, 2.05) is 32.0 Å². The summed E-state index contributed by atoms with van der Waals surface area (Å²) in [5.41, 5.74) is 7.64. The maximum atomic E-state index is 5.75. The minimum atomic E-state index is 0.147. The predicted octanol–water partition coefficient (Wildman–Crippen LogP) is 0.829. The molecule has 0 aliphatic rings. The van der Waals surface area contributed by atoms with E-state index in [0.29, 0.717) is 19.1 Å². The molecule has 0 fully saturated rings. The van der Waals surface area contributed by atoms with E-state index >= 15 is 0 Å². The van der Waals surface area contributed by atoms with Crippen LogP contribution in [0.5, 0.6) is 0 Å². The first-order valence-electron chi connectivity index (χ1n) is 5.59. The molecule has 0 aliphatic carbocycles. The number of hydrogen-bond acceptors (Lipinski definition) is 3. The van der Waals surface area contributed by atoms with E-state index in [2.05, 4.69) is 15.3 Å². The standard InChI is InChI=1S/C12H20N4O/c1-9-5-4-6-11(15-9)7-14-12(13)16-10(2)8-17-3/h4-6,10H,7-8H2,1-3H3,(H3,13,14,16). The number of aryl methyl sites for hydroxylation is 1. The second-order valence-corrected chi connectivity index (χ2v) is 3.97. The molecule has 0 spiro atoms. The first-order chi connectivity index (χ1) is 8.11. The lowest BCUT2D eigenvalue weighted by molar-refractivity contribution is 0.179. The van der Waals surface area contributed by atoms with E-state index in [-0.39, 0.29) is 6.04 Å². The first-order valence-corrected chi connectivity index (χ1v) is 5.59. The lowest BCUT2D eigenvalue weighted by atomic mass is 10.3. The van der Waals surface area contributed by atoms with E-state index in [4.69, 9.17) is 10.5 Å². The molecular formula is C12H20N4O. The van der Waals surface area contributed by atoms with Crippen LogP contribution in [0.15, 0.2) is 23.2 Å². The fraction of sp³-hybridized carbons (Fsp3) is 0.500. The average molecular weight is 236 g/mol. The van der Waals surface area contributed by atoms with Crippen molar-refractivity contribution >= 4 is 5.96 Å². The molecule has 0 saturated heterocycles. The van der Waals surface area contributed by atoms with Gasteiger partial charge in [0.1, 0.15) is 0 Å². The van der Waals surface area contributed by atoms with Gasteiger partial charge in [-0.2, -0.15) is 0 Å². The first kappa shape index (κ1) is 13.4. The molecular weight excluding hydrogens is 216 g/mol. The van der Waals surface area contributed by atoms with Crippen molar-refractivity contribution in [3.63, 3.8) is 0 Å². The van der Waals surface area contributed by atoms with Crippen LogP contribution in [0.3, 0.4) is 0 Å². The zero-order chi connectivity index (χ0) is 12.7. The van der Waals surface area contributed by atoms with Gasteiger partial charge in [0.05, 0.1) is 18.8 Å². The molecule has 17 heavy (non-hydrogen) atoms. The average Bonchev–Trinajstić information content (AvgIpc) is 2.27.